The number of aromatic nitrogens is 1. The van der Waals surface area contributed by atoms with Crippen LogP contribution < -0.4 is 5.56 Å². The van der Waals surface area contributed by atoms with E-state index in [4.69, 9.17) is 4.74 Å². The standard InChI is InChI=1S/C28H39N3O3/c1-29-25-12-6-5-11-23(25)19-24(26(29)32)20-30(27(33)22-9-3-2-4-10-22)21-28(13-7-8-14-28)31-15-17-34-18-16-31/h5-6,11-12,19,22H,2-4,7-10,13-18,20-21H2,1H3. The summed E-state index contributed by atoms with van der Waals surface area (Å²) in [6, 6.07) is 10.0. The lowest BCUT2D eigenvalue weighted by Crippen LogP contribution is -2.58. The molecule has 0 radical (unpaired) electrons. The molecule has 5 rings (SSSR count). The van der Waals surface area contributed by atoms with Gasteiger partial charge in [0.2, 0.25) is 5.91 Å². The van der Waals surface area contributed by atoms with E-state index in [-0.39, 0.29) is 22.9 Å². The fourth-order valence-electron chi connectivity index (χ4n) is 6.63. The number of fused-ring (bicyclic) bond motifs is 1. The summed E-state index contributed by atoms with van der Waals surface area (Å²) in [5, 5.41) is 1.05. The smallest absolute Gasteiger partial charge is 0.255 e. The number of nitrogens with zero attached hydrogens (tertiary/aromatic N) is 3. The SMILES string of the molecule is Cn1c(=O)c(CN(CC2(N3CCOCC3)CCCC2)C(=O)C2CCCCC2)cc2ccccc21. The average Bonchev–Trinajstić information content (AvgIpc) is 3.37. The number of carbonyl (C=O) groups is 1. The predicted octanol–water partition coefficient (Wildman–Crippen LogP) is 4.09. The Hall–Kier alpha value is -2.18. The zero-order valence-corrected chi connectivity index (χ0v) is 20.6. The molecule has 2 heterocycles. The first-order valence-corrected chi connectivity index (χ1v) is 13.3. The zero-order valence-electron chi connectivity index (χ0n) is 20.6. The van der Waals surface area contributed by atoms with E-state index in [0.717, 1.165) is 87.8 Å². The van der Waals surface area contributed by atoms with Crippen LogP contribution in [0.4, 0.5) is 0 Å². The summed E-state index contributed by atoms with van der Waals surface area (Å²) in [6.07, 6.45) is 10.1. The first-order chi connectivity index (χ1) is 16.6. The van der Waals surface area contributed by atoms with Gasteiger partial charge in [0.1, 0.15) is 0 Å². The van der Waals surface area contributed by atoms with Gasteiger partial charge >= 0.3 is 0 Å². The van der Waals surface area contributed by atoms with E-state index in [9.17, 15) is 9.59 Å². The minimum Gasteiger partial charge on any atom is -0.379 e. The molecule has 1 aromatic carbocycles. The van der Waals surface area contributed by atoms with Crippen LogP contribution in [-0.2, 0) is 23.1 Å². The van der Waals surface area contributed by atoms with E-state index in [2.05, 4.69) is 15.9 Å². The number of carbonyl (C=O) groups excluding carboxylic acids is 1. The number of aryl methyl sites for hydroxylation is 1. The number of benzene rings is 1. The van der Waals surface area contributed by atoms with Gasteiger partial charge in [-0.25, -0.2) is 0 Å². The molecule has 0 unspecified atom stereocenters. The van der Waals surface area contributed by atoms with Gasteiger partial charge in [0, 0.05) is 43.7 Å². The average molecular weight is 466 g/mol. The molecule has 2 aromatic rings. The highest BCUT2D eigenvalue weighted by Crippen LogP contribution is 2.38. The number of ether oxygens (including phenoxy) is 1. The van der Waals surface area contributed by atoms with Gasteiger partial charge in [-0.3, -0.25) is 14.5 Å². The number of amides is 1. The third-order valence-corrected chi connectivity index (χ3v) is 8.54. The summed E-state index contributed by atoms with van der Waals surface area (Å²) in [7, 11) is 1.84. The van der Waals surface area contributed by atoms with E-state index in [1.54, 1.807) is 4.57 Å². The molecule has 0 atom stereocenters. The Labute approximate surface area is 202 Å². The molecular formula is C28H39N3O3. The first kappa shape index (κ1) is 23.6. The first-order valence-electron chi connectivity index (χ1n) is 13.3. The Balaban J connectivity index is 1.48. The van der Waals surface area contributed by atoms with Gasteiger partial charge in [-0.1, -0.05) is 50.3 Å². The van der Waals surface area contributed by atoms with Gasteiger partial charge in [-0.2, -0.15) is 0 Å². The lowest BCUT2D eigenvalue weighted by molar-refractivity contribution is -0.140. The van der Waals surface area contributed by atoms with E-state index < -0.39 is 0 Å². The number of hydrogen-bond donors (Lipinski definition) is 0. The lowest BCUT2D eigenvalue weighted by Gasteiger charge is -2.46. The van der Waals surface area contributed by atoms with Crippen molar-refractivity contribution in [1.82, 2.24) is 14.4 Å². The van der Waals surface area contributed by atoms with Crippen LogP contribution in [0.2, 0.25) is 0 Å². The van der Waals surface area contributed by atoms with E-state index in [1.165, 1.54) is 19.3 Å². The third-order valence-electron chi connectivity index (χ3n) is 8.54. The summed E-state index contributed by atoms with van der Waals surface area (Å²) >= 11 is 0. The molecule has 184 valence electrons. The summed E-state index contributed by atoms with van der Waals surface area (Å²) in [4.78, 5) is 31.9. The highest BCUT2D eigenvalue weighted by Gasteiger charge is 2.43. The van der Waals surface area contributed by atoms with Gasteiger partial charge in [-0.15, -0.1) is 0 Å². The van der Waals surface area contributed by atoms with Gasteiger partial charge in [0.25, 0.3) is 5.56 Å². The molecule has 2 aliphatic carbocycles. The molecule has 1 aliphatic heterocycles. The lowest BCUT2D eigenvalue weighted by atomic mass is 9.87. The van der Waals surface area contributed by atoms with Crippen molar-refractivity contribution >= 4 is 16.8 Å². The molecule has 6 nitrogen and oxygen atoms in total. The molecule has 1 saturated heterocycles. The molecule has 2 saturated carbocycles. The summed E-state index contributed by atoms with van der Waals surface area (Å²) in [5.74, 6) is 0.357. The topological polar surface area (TPSA) is 54.8 Å². The molecular weight excluding hydrogens is 426 g/mol. The minimum atomic E-state index is 0.00647. The molecule has 0 bridgehead atoms. The Kier molecular flexibility index (Phi) is 7.07. The van der Waals surface area contributed by atoms with Crippen LogP contribution in [-0.4, -0.2) is 58.7 Å². The fourth-order valence-corrected chi connectivity index (χ4v) is 6.63. The number of morpholine rings is 1. The largest absolute Gasteiger partial charge is 0.379 e. The van der Waals surface area contributed by atoms with Gasteiger partial charge in [0.15, 0.2) is 0 Å². The Morgan fingerprint density at radius 2 is 1.76 bits per heavy atom. The highest BCUT2D eigenvalue weighted by molar-refractivity contribution is 5.81. The minimum absolute atomic E-state index is 0.00647. The van der Waals surface area contributed by atoms with Crippen LogP contribution in [0.1, 0.15) is 63.4 Å². The third kappa shape index (κ3) is 4.67. The molecule has 1 aromatic heterocycles. The molecule has 0 spiro atoms. The number of pyridine rings is 1. The fraction of sp³-hybridized carbons (Fsp3) is 0.643. The Morgan fingerprint density at radius 3 is 2.50 bits per heavy atom. The van der Waals surface area contributed by atoms with Crippen LogP contribution in [0.15, 0.2) is 35.1 Å². The van der Waals surface area contributed by atoms with Crippen LogP contribution in [0.5, 0.6) is 0 Å². The Morgan fingerprint density at radius 1 is 1.06 bits per heavy atom. The molecule has 6 heteroatoms. The quantitative estimate of drug-likeness (QED) is 0.645. The predicted molar refractivity (Wildman–Crippen MR) is 135 cm³/mol. The maximum atomic E-state index is 13.9. The molecule has 0 N–H and O–H groups in total. The van der Waals surface area contributed by atoms with Crippen molar-refractivity contribution in [2.75, 3.05) is 32.8 Å². The van der Waals surface area contributed by atoms with Crippen molar-refractivity contribution < 1.29 is 9.53 Å². The van der Waals surface area contributed by atoms with Gasteiger partial charge in [0.05, 0.1) is 25.3 Å². The number of para-hydroxylation sites is 1. The molecule has 3 aliphatic rings. The van der Waals surface area contributed by atoms with Crippen molar-refractivity contribution in [1.29, 1.82) is 0 Å². The second-order valence-electron chi connectivity index (χ2n) is 10.7. The molecule has 34 heavy (non-hydrogen) atoms. The summed E-state index contributed by atoms with van der Waals surface area (Å²) < 4.78 is 7.39. The monoisotopic (exact) mass is 465 g/mol. The maximum Gasteiger partial charge on any atom is 0.255 e. The molecule has 1 amide bonds. The van der Waals surface area contributed by atoms with Crippen molar-refractivity contribution in [2.24, 2.45) is 13.0 Å². The number of rotatable bonds is 6. The molecule has 3 fully saturated rings. The van der Waals surface area contributed by atoms with E-state index in [1.807, 2.05) is 31.3 Å². The Bertz CT molecular complexity index is 1060. The van der Waals surface area contributed by atoms with Crippen LogP contribution in [0, 0.1) is 5.92 Å². The van der Waals surface area contributed by atoms with E-state index >= 15 is 0 Å². The van der Waals surface area contributed by atoms with Gasteiger partial charge < -0.3 is 14.2 Å². The van der Waals surface area contributed by atoms with Crippen LogP contribution in [0.25, 0.3) is 10.9 Å². The highest BCUT2D eigenvalue weighted by atomic mass is 16.5. The summed E-state index contributed by atoms with van der Waals surface area (Å²) in [5.41, 5.74) is 1.67. The second-order valence-corrected chi connectivity index (χ2v) is 10.7. The van der Waals surface area contributed by atoms with Crippen molar-refractivity contribution in [3.05, 3.63) is 46.2 Å². The normalized spacial score (nSPS) is 21.7. The van der Waals surface area contributed by atoms with E-state index in [0.29, 0.717) is 6.54 Å². The zero-order chi connectivity index (χ0) is 23.5. The number of hydrogen-bond acceptors (Lipinski definition) is 4. The second kappa shape index (κ2) is 10.2. The van der Waals surface area contributed by atoms with Crippen molar-refractivity contribution in [3.63, 3.8) is 0 Å². The van der Waals surface area contributed by atoms with Crippen LogP contribution in [0.3, 0.4) is 0 Å². The van der Waals surface area contributed by atoms with Crippen LogP contribution >= 0.6 is 0 Å². The maximum absolute atomic E-state index is 13.9. The van der Waals surface area contributed by atoms with Crippen molar-refractivity contribution in [2.45, 2.75) is 69.9 Å². The van der Waals surface area contributed by atoms with Crippen molar-refractivity contribution in [3.8, 4) is 0 Å². The van der Waals surface area contributed by atoms with Gasteiger partial charge in [-0.05, 0) is 43.2 Å². The summed E-state index contributed by atoms with van der Waals surface area (Å²) in [6.45, 7) is 4.52.